The molecular weight excluding hydrogens is 440 g/mol. The van der Waals surface area contributed by atoms with E-state index in [2.05, 4.69) is 25.8 Å². The van der Waals surface area contributed by atoms with E-state index in [4.69, 9.17) is 14.2 Å². The first-order valence-corrected chi connectivity index (χ1v) is 10.8. The van der Waals surface area contributed by atoms with Gasteiger partial charge in [0.2, 0.25) is 11.1 Å². The van der Waals surface area contributed by atoms with E-state index < -0.39 is 0 Å². The number of nitrogens with one attached hydrogen (secondary N) is 1. The molecule has 2 aromatic carbocycles. The summed E-state index contributed by atoms with van der Waals surface area (Å²) in [6.45, 7) is 0. The maximum atomic E-state index is 12.5. The van der Waals surface area contributed by atoms with Gasteiger partial charge in [0.1, 0.15) is 22.9 Å². The molecule has 2 heterocycles. The lowest BCUT2D eigenvalue weighted by Crippen LogP contribution is -2.14. The van der Waals surface area contributed by atoms with E-state index in [-0.39, 0.29) is 11.7 Å². The number of rotatable bonds is 8. The molecule has 0 saturated carbocycles. The molecule has 0 fully saturated rings. The molecule has 0 aliphatic carbocycles. The number of ether oxygens (including phenoxy) is 3. The Morgan fingerprint density at radius 1 is 1.10 bits per heavy atom. The molecule has 160 valence electrons. The van der Waals surface area contributed by atoms with Gasteiger partial charge in [0.25, 0.3) is 0 Å². The lowest BCUT2D eigenvalue weighted by atomic mass is 10.3. The van der Waals surface area contributed by atoms with E-state index in [0.717, 1.165) is 16.0 Å². The topological polar surface area (TPSA) is 113 Å². The molecule has 0 aliphatic heterocycles. The number of amides is 1. The SMILES string of the molecule is COc1ccc(OC)c(-n2nnnc2SCC(=O)Nc2nc3ccc(OC)cc3s2)c1. The molecule has 4 aromatic rings. The van der Waals surface area contributed by atoms with Crippen molar-refractivity contribution in [1.29, 1.82) is 0 Å². The predicted molar refractivity (Wildman–Crippen MR) is 118 cm³/mol. The molecule has 0 aliphatic rings. The molecule has 2 aromatic heterocycles. The largest absolute Gasteiger partial charge is 0.497 e. The zero-order valence-electron chi connectivity index (χ0n) is 16.9. The van der Waals surface area contributed by atoms with Gasteiger partial charge >= 0.3 is 0 Å². The maximum Gasteiger partial charge on any atom is 0.236 e. The lowest BCUT2D eigenvalue weighted by molar-refractivity contribution is -0.113. The summed E-state index contributed by atoms with van der Waals surface area (Å²) in [5.74, 6) is 1.83. The van der Waals surface area contributed by atoms with Crippen LogP contribution in [0.15, 0.2) is 41.6 Å². The minimum absolute atomic E-state index is 0.103. The number of methoxy groups -OCH3 is 3. The molecule has 0 unspecified atom stereocenters. The van der Waals surface area contributed by atoms with Gasteiger partial charge in [-0.25, -0.2) is 4.98 Å². The third kappa shape index (κ3) is 4.54. The molecule has 0 saturated heterocycles. The molecule has 1 amide bonds. The van der Waals surface area contributed by atoms with Crippen molar-refractivity contribution in [3.8, 4) is 22.9 Å². The maximum absolute atomic E-state index is 12.5. The van der Waals surface area contributed by atoms with E-state index in [0.29, 0.717) is 27.5 Å². The van der Waals surface area contributed by atoms with Crippen LogP contribution in [0, 0.1) is 0 Å². The predicted octanol–water partition coefficient (Wildman–Crippen LogP) is 3.03. The summed E-state index contributed by atoms with van der Waals surface area (Å²) in [6, 6.07) is 10.9. The van der Waals surface area contributed by atoms with Gasteiger partial charge in [0, 0.05) is 6.07 Å². The van der Waals surface area contributed by atoms with Crippen molar-refractivity contribution in [2.75, 3.05) is 32.4 Å². The quantitative estimate of drug-likeness (QED) is 0.398. The first kappa shape index (κ1) is 20.9. The molecule has 1 N–H and O–H groups in total. The number of hydrogen-bond donors (Lipinski definition) is 1. The second-order valence-electron chi connectivity index (χ2n) is 6.10. The summed E-state index contributed by atoms with van der Waals surface area (Å²) in [6.07, 6.45) is 0. The molecule has 12 heteroatoms. The third-order valence-electron chi connectivity index (χ3n) is 4.23. The molecule has 10 nitrogen and oxygen atoms in total. The van der Waals surface area contributed by atoms with Crippen molar-refractivity contribution in [1.82, 2.24) is 25.2 Å². The highest BCUT2D eigenvalue weighted by atomic mass is 32.2. The van der Waals surface area contributed by atoms with E-state index >= 15 is 0 Å². The van der Waals surface area contributed by atoms with Crippen LogP contribution in [0.1, 0.15) is 0 Å². The number of nitrogens with zero attached hydrogens (tertiary/aromatic N) is 5. The lowest BCUT2D eigenvalue weighted by Gasteiger charge is -2.11. The summed E-state index contributed by atoms with van der Waals surface area (Å²) in [4.78, 5) is 16.9. The number of benzene rings is 2. The Morgan fingerprint density at radius 2 is 1.87 bits per heavy atom. The second-order valence-corrected chi connectivity index (χ2v) is 8.07. The minimum Gasteiger partial charge on any atom is -0.497 e. The number of carbonyl (C=O) groups excluding carboxylic acids is 1. The first-order chi connectivity index (χ1) is 15.1. The van der Waals surface area contributed by atoms with Crippen LogP contribution < -0.4 is 19.5 Å². The molecule has 0 spiro atoms. The van der Waals surface area contributed by atoms with Crippen molar-refractivity contribution in [3.05, 3.63) is 36.4 Å². The second kappa shape index (κ2) is 9.18. The number of hydrogen-bond acceptors (Lipinski definition) is 10. The van der Waals surface area contributed by atoms with E-state index in [1.54, 1.807) is 39.5 Å². The Labute approximate surface area is 185 Å². The Morgan fingerprint density at radius 3 is 2.65 bits per heavy atom. The van der Waals surface area contributed by atoms with Gasteiger partial charge < -0.3 is 19.5 Å². The molecule has 0 radical (unpaired) electrons. The van der Waals surface area contributed by atoms with Crippen molar-refractivity contribution >= 4 is 44.4 Å². The van der Waals surface area contributed by atoms with Crippen LogP contribution >= 0.6 is 23.1 Å². The van der Waals surface area contributed by atoms with Gasteiger partial charge in [-0.3, -0.25) is 4.79 Å². The number of anilines is 1. The number of tetrazole rings is 1. The smallest absolute Gasteiger partial charge is 0.236 e. The first-order valence-electron chi connectivity index (χ1n) is 8.99. The highest BCUT2D eigenvalue weighted by Gasteiger charge is 2.17. The van der Waals surface area contributed by atoms with Gasteiger partial charge in [-0.15, -0.1) is 5.10 Å². The molecule has 4 rings (SSSR count). The number of aromatic nitrogens is 5. The van der Waals surface area contributed by atoms with E-state index in [1.807, 2.05) is 18.2 Å². The fourth-order valence-corrected chi connectivity index (χ4v) is 4.35. The Balaban J connectivity index is 1.46. The normalized spacial score (nSPS) is 10.8. The van der Waals surface area contributed by atoms with Gasteiger partial charge in [0.15, 0.2) is 5.13 Å². The van der Waals surface area contributed by atoms with Gasteiger partial charge in [-0.05, 0) is 40.8 Å². The van der Waals surface area contributed by atoms with Crippen molar-refractivity contribution in [2.24, 2.45) is 0 Å². The summed E-state index contributed by atoms with van der Waals surface area (Å²) in [7, 11) is 4.74. The van der Waals surface area contributed by atoms with Crippen molar-refractivity contribution in [3.63, 3.8) is 0 Å². The van der Waals surface area contributed by atoms with Gasteiger partial charge in [0.05, 0.1) is 37.3 Å². The summed E-state index contributed by atoms with van der Waals surface area (Å²) in [5.41, 5.74) is 1.40. The average molecular weight is 459 g/mol. The Bertz CT molecular complexity index is 1230. The Kier molecular flexibility index (Phi) is 6.18. The van der Waals surface area contributed by atoms with Gasteiger partial charge in [-0.2, -0.15) is 4.68 Å². The molecular formula is C19H18N6O4S2. The summed E-state index contributed by atoms with van der Waals surface area (Å²) in [5, 5.41) is 15.5. The van der Waals surface area contributed by atoms with Crippen LogP contribution in [0.4, 0.5) is 5.13 Å². The zero-order valence-corrected chi connectivity index (χ0v) is 18.5. The number of carbonyl (C=O) groups is 1. The Hall–Kier alpha value is -3.38. The van der Waals surface area contributed by atoms with Gasteiger partial charge in [-0.1, -0.05) is 23.1 Å². The number of fused-ring (bicyclic) bond motifs is 1. The van der Waals surface area contributed by atoms with E-state index in [9.17, 15) is 4.79 Å². The van der Waals surface area contributed by atoms with Crippen LogP contribution in [-0.2, 0) is 4.79 Å². The van der Waals surface area contributed by atoms with E-state index in [1.165, 1.54) is 27.8 Å². The average Bonchev–Trinajstić information content (AvgIpc) is 3.42. The van der Waals surface area contributed by atoms with Crippen molar-refractivity contribution in [2.45, 2.75) is 5.16 Å². The highest BCUT2D eigenvalue weighted by Crippen LogP contribution is 2.31. The molecule has 0 atom stereocenters. The zero-order chi connectivity index (χ0) is 21.8. The number of thioether (sulfide) groups is 1. The minimum atomic E-state index is -0.219. The van der Waals surface area contributed by atoms with Crippen LogP contribution in [0.2, 0.25) is 0 Å². The molecule has 31 heavy (non-hydrogen) atoms. The molecule has 0 bridgehead atoms. The number of thiazole rings is 1. The fourth-order valence-electron chi connectivity index (χ4n) is 2.75. The summed E-state index contributed by atoms with van der Waals surface area (Å²) >= 11 is 2.58. The standard InChI is InChI=1S/C19H18N6O4S2/c1-27-11-5-7-15(29-3)14(8-11)25-19(22-23-24-25)30-10-17(26)21-18-20-13-6-4-12(28-2)9-16(13)31-18/h4-9H,10H2,1-3H3,(H,20,21,26). The van der Waals surface area contributed by atoms with Crippen LogP contribution in [-0.4, -0.2) is 58.2 Å². The van der Waals surface area contributed by atoms with Crippen molar-refractivity contribution < 1.29 is 19.0 Å². The van der Waals surface area contributed by atoms with Crippen LogP contribution in [0.25, 0.3) is 15.9 Å². The monoisotopic (exact) mass is 458 g/mol. The fraction of sp³-hybridized carbons (Fsp3) is 0.211. The van der Waals surface area contributed by atoms with Crippen LogP contribution in [0.5, 0.6) is 17.2 Å². The highest BCUT2D eigenvalue weighted by molar-refractivity contribution is 7.99. The van der Waals surface area contributed by atoms with Crippen LogP contribution in [0.3, 0.4) is 0 Å². The summed E-state index contributed by atoms with van der Waals surface area (Å²) < 4.78 is 18.3. The third-order valence-corrected chi connectivity index (χ3v) is 6.08.